The van der Waals surface area contributed by atoms with E-state index in [0.29, 0.717) is 6.41 Å². The number of amides is 3. The highest BCUT2D eigenvalue weighted by Gasteiger charge is 2.10. The topological polar surface area (TPSA) is 162 Å². The van der Waals surface area contributed by atoms with E-state index in [0.717, 1.165) is 19.3 Å². The molecule has 0 heterocycles. The van der Waals surface area contributed by atoms with Crippen molar-refractivity contribution in [1.82, 2.24) is 5.32 Å². The number of hydrogen-bond acceptors (Lipinski definition) is 5. The van der Waals surface area contributed by atoms with Crippen LogP contribution in [0.15, 0.2) is 97.1 Å². The van der Waals surface area contributed by atoms with Gasteiger partial charge in [0, 0.05) is 5.54 Å². The Morgan fingerprint density at radius 3 is 1.87 bits per heavy atom. The lowest BCUT2D eigenvalue weighted by Gasteiger charge is -2.06. The monoisotopic (exact) mass is 634 g/mol. The minimum absolute atomic E-state index is 0. The first-order valence-corrected chi connectivity index (χ1v) is 15.2. The summed E-state index contributed by atoms with van der Waals surface area (Å²) >= 11 is 0. The summed E-state index contributed by atoms with van der Waals surface area (Å²) in [6.07, 6.45) is 6.14. The van der Waals surface area contributed by atoms with Crippen LogP contribution >= 0.6 is 0 Å². The lowest BCUT2D eigenvalue weighted by molar-refractivity contribution is -0.123. The number of benzene rings is 4. The Morgan fingerprint density at radius 2 is 1.37 bits per heavy atom. The van der Waals surface area contributed by atoms with Crippen LogP contribution in [0, 0.1) is 5.82 Å². The van der Waals surface area contributed by atoms with Crippen LogP contribution < -0.4 is 22.5 Å². The fraction of sp³-hybridized carbons (Fsp3) is 0.324. The molecule has 0 saturated carbocycles. The first-order chi connectivity index (χ1) is 21.9. The predicted octanol–water partition coefficient (Wildman–Crippen LogP) is 5.22. The van der Waals surface area contributed by atoms with Gasteiger partial charge in [-0.05, 0) is 86.1 Å². The van der Waals surface area contributed by atoms with Crippen LogP contribution in [0.5, 0.6) is 0 Å². The van der Waals surface area contributed by atoms with E-state index in [-0.39, 0.29) is 17.8 Å². The van der Waals surface area contributed by atoms with Gasteiger partial charge < -0.3 is 27.6 Å². The van der Waals surface area contributed by atoms with Crippen LogP contribution in [0.25, 0.3) is 10.8 Å². The third-order valence-corrected chi connectivity index (χ3v) is 5.88. The molecule has 0 aliphatic heterocycles. The quantitative estimate of drug-likeness (QED) is 0.151. The highest BCUT2D eigenvalue weighted by atomic mass is 19.1. The van der Waals surface area contributed by atoms with Crippen molar-refractivity contribution in [2.45, 2.75) is 71.4 Å². The lowest BCUT2D eigenvalue weighted by Crippen LogP contribution is -2.43. The number of fused-ring (bicyclic) bond motifs is 1. The number of nitrogens with one attached hydrogen (secondary N) is 1. The average Bonchev–Trinajstić information content (AvgIpc) is 3.02. The van der Waals surface area contributed by atoms with Crippen molar-refractivity contribution in [2.24, 2.45) is 17.2 Å². The van der Waals surface area contributed by atoms with Gasteiger partial charge >= 0.3 is 0 Å². The molecule has 0 saturated heterocycles. The van der Waals surface area contributed by atoms with Crippen molar-refractivity contribution in [2.75, 3.05) is 6.61 Å². The summed E-state index contributed by atoms with van der Waals surface area (Å²) in [7, 11) is 0. The van der Waals surface area contributed by atoms with E-state index in [1.54, 1.807) is 0 Å². The SMILES string of the molecule is CC(C)(C)N.CCCc1ccccc1.Fc1ccc(CCCc2cccc3ccccc23)cc1.NC(=O)[C@H](CO)NC=O.NC=O. The first-order valence-electron chi connectivity index (χ1n) is 15.2. The highest BCUT2D eigenvalue weighted by Crippen LogP contribution is 2.20. The van der Waals surface area contributed by atoms with Crippen molar-refractivity contribution >= 4 is 29.5 Å². The minimum Gasteiger partial charge on any atom is -0.394 e. The largest absolute Gasteiger partial charge is 0.394 e. The maximum atomic E-state index is 12.8. The number of aliphatic hydroxyl groups is 1. The van der Waals surface area contributed by atoms with E-state index in [9.17, 15) is 14.0 Å². The molecule has 9 heteroatoms. The number of primary amides is 2. The summed E-state index contributed by atoms with van der Waals surface area (Å²) in [4.78, 5) is 28.4. The Bertz CT molecular complexity index is 1370. The molecule has 0 aliphatic carbocycles. The zero-order valence-electron chi connectivity index (χ0n) is 27.5. The normalized spacial score (nSPS) is 10.5. The van der Waals surface area contributed by atoms with Gasteiger partial charge in [-0.1, -0.05) is 98.3 Å². The summed E-state index contributed by atoms with van der Waals surface area (Å²) in [5, 5.41) is 13.0. The molecule has 4 aromatic rings. The van der Waals surface area contributed by atoms with Crippen molar-refractivity contribution in [3.8, 4) is 0 Å². The van der Waals surface area contributed by atoms with E-state index < -0.39 is 18.6 Å². The smallest absolute Gasteiger partial charge is 0.242 e. The van der Waals surface area contributed by atoms with Gasteiger partial charge in [0.05, 0.1) is 6.61 Å². The second kappa shape index (κ2) is 24.7. The second-order valence-corrected chi connectivity index (χ2v) is 11.3. The molecule has 0 aliphatic rings. The van der Waals surface area contributed by atoms with Crippen LogP contribution in [-0.4, -0.2) is 42.0 Å². The standard InChI is InChI=1S/C19H17F.C9H12.C4H8N2O3.C4H11N.CH3NO/c20-18-13-11-15(12-14-18)5-3-7-17-9-4-8-16-6-1-2-10-19(16)17;1-2-6-9-7-4-3-5-8-9;5-4(9)3(1-7)6-2-8;1-4(2,3)5;2-1-3/h1-2,4,6,8-14H,3,5,7H2;3-5,7-8H,2,6H2,1H3;2-3,7H,1H2,(H2,5,9)(H,6,8);5H2,1-3H3;1H,(H2,2,3)/t;;3-;;/m..0../s1. The second-order valence-electron chi connectivity index (χ2n) is 11.3. The number of carbonyl (C=O) groups is 3. The van der Waals surface area contributed by atoms with E-state index in [2.05, 4.69) is 85.5 Å². The van der Waals surface area contributed by atoms with Crippen LogP contribution in [0.1, 0.15) is 57.2 Å². The molecular weight excluding hydrogens is 583 g/mol. The Kier molecular flexibility index (Phi) is 22.2. The van der Waals surface area contributed by atoms with Gasteiger partial charge in [0.25, 0.3) is 0 Å². The molecule has 8 N–H and O–H groups in total. The third kappa shape index (κ3) is 21.2. The van der Waals surface area contributed by atoms with Crippen LogP contribution in [-0.2, 0) is 33.6 Å². The van der Waals surface area contributed by atoms with Gasteiger partial charge in [-0.15, -0.1) is 0 Å². The maximum Gasteiger partial charge on any atom is 0.242 e. The van der Waals surface area contributed by atoms with Crippen LogP contribution in [0.2, 0.25) is 0 Å². The molecule has 4 rings (SSSR count). The third-order valence-electron chi connectivity index (χ3n) is 5.88. The summed E-state index contributed by atoms with van der Waals surface area (Å²) < 4.78 is 12.8. The molecule has 0 bridgehead atoms. The molecule has 46 heavy (non-hydrogen) atoms. The molecule has 0 spiro atoms. The molecule has 0 unspecified atom stereocenters. The number of nitrogens with two attached hydrogens (primary N) is 3. The number of carbonyl (C=O) groups excluding carboxylic acids is 3. The van der Waals surface area contributed by atoms with E-state index in [1.807, 2.05) is 38.2 Å². The summed E-state index contributed by atoms with van der Waals surface area (Å²) in [6.45, 7) is 7.63. The number of aryl methyl sites for hydroxylation is 3. The Morgan fingerprint density at radius 1 is 0.848 bits per heavy atom. The van der Waals surface area contributed by atoms with Crippen molar-refractivity contribution in [1.29, 1.82) is 0 Å². The van der Waals surface area contributed by atoms with E-state index >= 15 is 0 Å². The van der Waals surface area contributed by atoms with Crippen molar-refractivity contribution < 1.29 is 23.9 Å². The van der Waals surface area contributed by atoms with Gasteiger partial charge in [0.2, 0.25) is 18.7 Å². The number of rotatable bonds is 10. The van der Waals surface area contributed by atoms with Gasteiger partial charge in [-0.3, -0.25) is 14.4 Å². The van der Waals surface area contributed by atoms with E-state index in [4.69, 9.17) is 21.4 Å². The Labute approximate surface area is 273 Å². The maximum absolute atomic E-state index is 12.8. The molecule has 3 amide bonds. The number of aliphatic hydroxyl groups excluding tert-OH is 1. The van der Waals surface area contributed by atoms with Gasteiger partial charge in [-0.25, -0.2) is 4.39 Å². The molecule has 0 aromatic heterocycles. The summed E-state index contributed by atoms with van der Waals surface area (Å²) in [5.41, 5.74) is 18.3. The van der Waals surface area contributed by atoms with Gasteiger partial charge in [0.15, 0.2) is 0 Å². The minimum atomic E-state index is -0.956. The number of halogens is 1. The van der Waals surface area contributed by atoms with Crippen LogP contribution in [0.4, 0.5) is 4.39 Å². The zero-order valence-corrected chi connectivity index (χ0v) is 27.5. The number of hydrogen-bond donors (Lipinski definition) is 5. The molecule has 4 aromatic carbocycles. The van der Waals surface area contributed by atoms with E-state index in [1.165, 1.54) is 52.4 Å². The first kappa shape index (κ1) is 41.4. The van der Waals surface area contributed by atoms with Crippen LogP contribution in [0.3, 0.4) is 0 Å². The molecular formula is C37H51FN4O4. The van der Waals surface area contributed by atoms with Gasteiger partial charge in [0.1, 0.15) is 11.9 Å². The Balaban J connectivity index is 0.000000652. The van der Waals surface area contributed by atoms with Crippen molar-refractivity contribution in [3.63, 3.8) is 0 Å². The van der Waals surface area contributed by atoms with Crippen molar-refractivity contribution in [3.05, 3.63) is 120 Å². The molecule has 1 atom stereocenters. The Hall–Kier alpha value is -4.60. The summed E-state index contributed by atoms with van der Waals surface area (Å²) in [5.74, 6) is -0.910. The average molecular weight is 635 g/mol. The molecule has 0 radical (unpaired) electrons. The fourth-order valence-corrected chi connectivity index (χ4v) is 3.88. The predicted molar refractivity (Wildman–Crippen MR) is 186 cm³/mol. The summed E-state index contributed by atoms with van der Waals surface area (Å²) in [6, 6.07) is 31.4. The molecule has 8 nitrogen and oxygen atoms in total. The highest BCUT2D eigenvalue weighted by molar-refractivity contribution is 5.85. The molecule has 0 fully saturated rings. The lowest BCUT2D eigenvalue weighted by atomic mass is 9.99. The zero-order chi connectivity index (χ0) is 34.8. The van der Waals surface area contributed by atoms with Gasteiger partial charge in [-0.2, -0.15) is 0 Å². The molecule has 250 valence electrons. The fourth-order valence-electron chi connectivity index (χ4n) is 3.88.